The van der Waals surface area contributed by atoms with Crippen molar-refractivity contribution in [1.82, 2.24) is 14.6 Å². The van der Waals surface area contributed by atoms with Gasteiger partial charge in [0, 0.05) is 0 Å². The zero-order valence-corrected chi connectivity index (χ0v) is 20.0. The van der Waals surface area contributed by atoms with E-state index in [0.717, 1.165) is 6.33 Å². The van der Waals surface area contributed by atoms with Crippen molar-refractivity contribution in [3.8, 4) is 6.07 Å². The molecule has 35 heavy (non-hydrogen) atoms. The number of ether oxygens (including phenoxy) is 2. The number of carbonyl (C=O) groups excluding carboxylic acids is 2. The molecule has 13 heteroatoms. The van der Waals surface area contributed by atoms with Gasteiger partial charge in [-0.25, -0.2) is 9.50 Å². The number of rotatable bonds is 8. The van der Waals surface area contributed by atoms with Crippen LogP contribution in [0.3, 0.4) is 0 Å². The topological polar surface area (TPSA) is 211 Å². The van der Waals surface area contributed by atoms with E-state index in [0.29, 0.717) is 5.52 Å². The third-order valence-corrected chi connectivity index (χ3v) is 6.12. The normalized spacial score (nSPS) is 26.0. The number of esters is 1. The van der Waals surface area contributed by atoms with Gasteiger partial charge >= 0.3 is 5.97 Å². The molecule has 1 saturated heterocycles. The van der Waals surface area contributed by atoms with Crippen molar-refractivity contribution < 1.29 is 29.3 Å². The molecule has 13 nitrogen and oxygen atoms in total. The average molecular weight is 490 g/mol. The molecule has 0 saturated carbocycles. The van der Waals surface area contributed by atoms with Crippen molar-refractivity contribution in [1.29, 1.82) is 5.26 Å². The number of nitrogens with two attached hydrogens (primary N) is 2. The number of amides is 1. The SMILES string of the molecule is CC(C)C(N)C(=O)Nc1ncnn2c([C@]3(C#N)O[C@H](CO)[C@@H](OC(=O)C(N)C(C)C)[C@H]3O)ccc12. The van der Waals surface area contributed by atoms with E-state index in [-0.39, 0.29) is 23.3 Å². The molecule has 0 radical (unpaired) electrons. The van der Waals surface area contributed by atoms with Crippen LogP contribution < -0.4 is 16.8 Å². The molecule has 0 aliphatic carbocycles. The monoisotopic (exact) mass is 489 g/mol. The van der Waals surface area contributed by atoms with Gasteiger partial charge in [-0.1, -0.05) is 27.7 Å². The van der Waals surface area contributed by atoms with Crippen molar-refractivity contribution >= 4 is 23.2 Å². The fourth-order valence-corrected chi connectivity index (χ4v) is 3.75. The number of hydrogen-bond donors (Lipinski definition) is 5. The van der Waals surface area contributed by atoms with E-state index in [9.17, 15) is 25.1 Å². The summed E-state index contributed by atoms with van der Waals surface area (Å²) in [5.74, 6) is -1.47. The van der Waals surface area contributed by atoms with Crippen LogP contribution in [0.2, 0.25) is 0 Å². The summed E-state index contributed by atoms with van der Waals surface area (Å²) in [5, 5.41) is 37.9. The van der Waals surface area contributed by atoms with Gasteiger partial charge in [0.25, 0.3) is 0 Å². The average Bonchev–Trinajstić information content (AvgIpc) is 3.38. The Morgan fingerprint density at radius 1 is 1.29 bits per heavy atom. The zero-order valence-electron chi connectivity index (χ0n) is 20.0. The number of nitrogens with one attached hydrogen (secondary N) is 1. The molecule has 1 amide bonds. The van der Waals surface area contributed by atoms with E-state index >= 15 is 0 Å². The maximum Gasteiger partial charge on any atom is 0.323 e. The van der Waals surface area contributed by atoms with Gasteiger partial charge in [0.15, 0.2) is 11.9 Å². The lowest BCUT2D eigenvalue weighted by molar-refractivity contribution is -0.159. The molecule has 3 rings (SSSR count). The second-order valence-corrected chi connectivity index (χ2v) is 9.19. The molecule has 1 aliphatic rings. The summed E-state index contributed by atoms with van der Waals surface area (Å²) in [5.41, 5.74) is 10.1. The number of hydrogen-bond acceptors (Lipinski definition) is 11. The first-order valence-corrected chi connectivity index (χ1v) is 11.2. The summed E-state index contributed by atoms with van der Waals surface area (Å²) in [7, 11) is 0. The number of nitriles is 1. The van der Waals surface area contributed by atoms with Crippen LogP contribution >= 0.6 is 0 Å². The van der Waals surface area contributed by atoms with E-state index in [1.165, 1.54) is 16.6 Å². The highest BCUT2D eigenvalue weighted by atomic mass is 16.6. The summed E-state index contributed by atoms with van der Waals surface area (Å²) in [4.78, 5) is 29.0. The Balaban J connectivity index is 1.99. The van der Waals surface area contributed by atoms with Crippen molar-refractivity contribution in [3.63, 3.8) is 0 Å². The molecular weight excluding hydrogens is 458 g/mol. The summed E-state index contributed by atoms with van der Waals surface area (Å²) in [6.45, 7) is 6.43. The molecule has 1 aliphatic heterocycles. The van der Waals surface area contributed by atoms with Crippen molar-refractivity contribution in [2.24, 2.45) is 23.3 Å². The highest BCUT2D eigenvalue weighted by Gasteiger charge is 2.59. The number of aliphatic hydroxyl groups is 2. The third-order valence-electron chi connectivity index (χ3n) is 6.12. The number of aromatic nitrogens is 3. The molecule has 2 aromatic heterocycles. The molecule has 1 fully saturated rings. The maximum atomic E-state index is 12.5. The van der Waals surface area contributed by atoms with Crippen molar-refractivity contribution in [2.75, 3.05) is 11.9 Å². The largest absolute Gasteiger partial charge is 0.455 e. The van der Waals surface area contributed by atoms with Gasteiger partial charge in [-0.2, -0.15) is 10.4 Å². The van der Waals surface area contributed by atoms with E-state index in [2.05, 4.69) is 15.4 Å². The second-order valence-electron chi connectivity index (χ2n) is 9.19. The molecule has 3 heterocycles. The minimum absolute atomic E-state index is 0.0821. The van der Waals surface area contributed by atoms with E-state index < -0.39 is 54.5 Å². The van der Waals surface area contributed by atoms with Crippen LogP contribution in [0, 0.1) is 23.2 Å². The van der Waals surface area contributed by atoms with Crippen LogP contribution in [0.5, 0.6) is 0 Å². The maximum absolute atomic E-state index is 12.5. The molecule has 0 aromatic carbocycles. The van der Waals surface area contributed by atoms with E-state index in [4.69, 9.17) is 20.9 Å². The molecule has 2 unspecified atom stereocenters. The predicted octanol–water partition coefficient (Wildman–Crippen LogP) is -0.983. The van der Waals surface area contributed by atoms with Gasteiger partial charge < -0.3 is 36.5 Å². The van der Waals surface area contributed by atoms with E-state index in [1.54, 1.807) is 27.7 Å². The lowest BCUT2D eigenvalue weighted by Crippen LogP contribution is -2.46. The molecule has 190 valence electrons. The number of aliphatic hydroxyl groups excluding tert-OH is 2. The summed E-state index contributed by atoms with van der Waals surface area (Å²) < 4.78 is 12.4. The minimum atomic E-state index is -2.06. The Bertz CT molecular complexity index is 1130. The lowest BCUT2D eigenvalue weighted by atomic mass is 9.92. The van der Waals surface area contributed by atoms with E-state index in [1.807, 2.05) is 6.07 Å². The number of fused-ring (bicyclic) bond motifs is 1. The molecule has 0 spiro atoms. The highest BCUT2D eigenvalue weighted by Crippen LogP contribution is 2.41. The highest BCUT2D eigenvalue weighted by molar-refractivity contribution is 5.97. The van der Waals surface area contributed by atoms with Crippen LogP contribution in [0.1, 0.15) is 33.4 Å². The van der Waals surface area contributed by atoms with Gasteiger partial charge in [0.2, 0.25) is 11.5 Å². The van der Waals surface area contributed by atoms with Gasteiger partial charge in [0.05, 0.1) is 18.3 Å². The summed E-state index contributed by atoms with van der Waals surface area (Å²) in [6, 6.07) is 3.19. The van der Waals surface area contributed by atoms with Gasteiger partial charge in [-0.3, -0.25) is 9.59 Å². The van der Waals surface area contributed by atoms with Crippen molar-refractivity contribution in [3.05, 3.63) is 24.2 Å². The quantitative estimate of drug-likeness (QED) is 0.284. The van der Waals surface area contributed by atoms with Gasteiger partial charge in [0.1, 0.15) is 36.2 Å². The number of anilines is 1. The first-order valence-electron chi connectivity index (χ1n) is 11.2. The standard InChI is InChI=1S/C22H31N7O6/c1-10(2)15(24)20(32)28-19-12-5-6-14(29(12)27-9-26-19)22(8-23)18(31)17(13(7-30)35-22)34-21(33)16(25)11(3)4/h5-6,9-11,13,15-18,30-31H,7,24-25H2,1-4H3,(H,26,27,28,32)/t13-,15?,16?,17-,18-,22+/m1/s1. The fraction of sp³-hybridized carbons (Fsp3) is 0.591. The lowest BCUT2D eigenvalue weighted by Gasteiger charge is -2.25. The van der Waals surface area contributed by atoms with Crippen LogP contribution in [0.25, 0.3) is 5.52 Å². The van der Waals surface area contributed by atoms with Gasteiger partial charge in [-0.05, 0) is 24.0 Å². The minimum Gasteiger partial charge on any atom is -0.455 e. The Hall–Kier alpha value is -3.15. The van der Waals surface area contributed by atoms with Gasteiger partial charge in [-0.15, -0.1) is 0 Å². The third kappa shape index (κ3) is 4.71. The first kappa shape index (κ1) is 26.5. The summed E-state index contributed by atoms with van der Waals surface area (Å²) in [6.07, 6.45) is -3.10. The Morgan fingerprint density at radius 3 is 2.51 bits per heavy atom. The predicted molar refractivity (Wildman–Crippen MR) is 122 cm³/mol. The molecular formula is C22H31N7O6. The van der Waals surface area contributed by atoms with Crippen LogP contribution in [0.4, 0.5) is 5.82 Å². The molecule has 6 atom stereocenters. The second kappa shape index (κ2) is 10.2. The Kier molecular flexibility index (Phi) is 7.73. The number of nitrogens with zero attached hydrogens (tertiary/aromatic N) is 4. The number of carbonyl (C=O) groups is 2. The Morgan fingerprint density at radius 2 is 1.94 bits per heavy atom. The molecule has 2 aromatic rings. The molecule has 7 N–H and O–H groups in total. The Labute approximate surface area is 202 Å². The van der Waals surface area contributed by atoms with Crippen LogP contribution in [-0.4, -0.2) is 73.7 Å². The fourth-order valence-electron chi connectivity index (χ4n) is 3.75. The molecule has 0 bridgehead atoms. The van der Waals surface area contributed by atoms with Crippen LogP contribution in [0.15, 0.2) is 18.5 Å². The van der Waals surface area contributed by atoms with Crippen molar-refractivity contribution in [2.45, 2.75) is 63.7 Å². The smallest absolute Gasteiger partial charge is 0.323 e. The summed E-state index contributed by atoms with van der Waals surface area (Å²) >= 11 is 0. The first-order chi connectivity index (χ1) is 16.5. The van der Waals surface area contributed by atoms with Crippen LogP contribution in [-0.2, 0) is 24.7 Å². The zero-order chi connectivity index (χ0) is 26.1.